The molecule has 0 aromatic carbocycles. The molecule has 0 aromatic rings. The molecule has 136 valence electrons. The third-order valence-electron chi connectivity index (χ3n) is 9.25. The minimum atomic E-state index is -0.371. The van der Waals surface area contributed by atoms with E-state index in [1.165, 1.54) is 38.5 Å². The van der Waals surface area contributed by atoms with Gasteiger partial charge in [0.1, 0.15) is 5.78 Å². The summed E-state index contributed by atoms with van der Waals surface area (Å²) in [5.74, 6) is 4.93. The Labute approximate surface area is 147 Å². The van der Waals surface area contributed by atoms with Crippen molar-refractivity contribution in [3.05, 3.63) is 0 Å². The molecule has 2 nitrogen and oxygen atoms in total. The third kappa shape index (κ3) is 2.42. The van der Waals surface area contributed by atoms with Crippen LogP contribution in [0.15, 0.2) is 0 Å². The van der Waals surface area contributed by atoms with Crippen molar-refractivity contribution in [3.8, 4) is 0 Å². The van der Waals surface area contributed by atoms with E-state index in [9.17, 15) is 9.90 Å². The molecule has 8 atom stereocenters. The van der Waals surface area contributed by atoms with Gasteiger partial charge in [-0.05, 0) is 106 Å². The van der Waals surface area contributed by atoms with Crippen molar-refractivity contribution >= 4 is 5.78 Å². The molecule has 0 aromatic heterocycles. The number of hydrogen-bond donors (Lipinski definition) is 1. The summed E-state index contributed by atoms with van der Waals surface area (Å²) >= 11 is 0. The average Bonchev–Trinajstić information content (AvgIpc) is 2.91. The normalized spacial score (nSPS) is 53.8. The highest BCUT2D eigenvalue weighted by molar-refractivity contribution is 5.79. The standard InChI is InChI=1S/C22H36O2/c1-4-22(24)12-10-16-15(13-22)5-6-18-17(16)9-11-21(3)19(14(2)23)7-8-20(18)21/h15-20,24H,4-13H2,1-3H3/t15-,16-,17?,18?,19+,20?,21+,22+/m0/s1. The van der Waals surface area contributed by atoms with Gasteiger partial charge in [0.25, 0.3) is 0 Å². The molecule has 0 aliphatic heterocycles. The molecular formula is C22H36O2. The highest BCUT2D eigenvalue weighted by atomic mass is 16.3. The number of aliphatic hydroxyl groups is 1. The molecule has 4 aliphatic rings. The van der Waals surface area contributed by atoms with Gasteiger partial charge >= 0.3 is 0 Å². The zero-order valence-electron chi connectivity index (χ0n) is 15.9. The number of rotatable bonds is 2. The topological polar surface area (TPSA) is 37.3 Å². The van der Waals surface area contributed by atoms with E-state index in [-0.39, 0.29) is 5.60 Å². The molecule has 2 heteroatoms. The Balaban J connectivity index is 1.54. The predicted molar refractivity (Wildman–Crippen MR) is 96.5 cm³/mol. The van der Waals surface area contributed by atoms with Crippen LogP contribution in [0.5, 0.6) is 0 Å². The molecule has 24 heavy (non-hydrogen) atoms. The first-order chi connectivity index (χ1) is 11.4. The molecule has 3 unspecified atom stereocenters. The summed E-state index contributed by atoms with van der Waals surface area (Å²) in [6.07, 6.45) is 12.0. The summed E-state index contributed by atoms with van der Waals surface area (Å²) in [6.45, 7) is 6.42. The Morgan fingerprint density at radius 3 is 2.46 bits per heavy atom. The monoisotopic (exact) mass is 332 g/mol. The zero-order valence-corrected chi connectivity index (χ0v) is 15.9. The van der Waals surface area contributed by atoms with Gasteiger partial charge in [-0.3, -0.25) is 4.79 Å². The lowest BCUT2D eigenvalue weighted by Gasteiger charge is -2.57. The average molecular weight is 333 g/mol. The van der Waals surface area contributed by atoms with Crippen LogP contribution in [0.2, 0.25) is 0 Å². The van der Waals surface area contributed by atoms with E-state index in [1.807, 2.05) is 6.92 Å². The maximum atomic E-state index is 12.2. The van der Waals surface area contributed by atoms with Crippen LogP contribution in [0.1, 0.15) is 85.0 Å². The van der Waals surface area contributed by atoms with Gasteiger partial charge in [-0.25, -0.2) is 0 Å². The fraction of sp³-hybridized carbons (Fsp3) is 0.955. The maximum Gasteiger partial charge on any atom is 0.133 e. The lowest BCUT2D eigenvalue weighted by molar-refractivity contribution is -0.131. The highest BCUT2D eigenvalue weighted by Crippen LogP contribution is 2.64. The summed E-state index contributed by atoms with van der Waals surface area (Å²) in [5, 5.41) is 10.8. The first-order valence-corrected chi connectivity index (χ1v) is 10.6. The van der Waals surface area contributed by atoms with Crippen LogP contribution < -0.4 is 0 Å². The van der Waals surface area contributed by atoms with Crippen molar-refractivity contribution in [2.45, 2.75) is 90.6 Å². The largest absolute Gasteiger partial charge is 0.390 e. The van der Waals surface area contributed by atoms with Crippen molar-refractivity contribution in [1.29, 1.82) is 0 Å². The molecule has 0 heterocycles. The summed E-state index contributed by atoms with van der Waals surface area (Å²) in [4.78, 5) is 12.2. The molecule has 0 saturated heterocycles. The highest BCUT2D eigenvalue weighted by Gasteiger charge is 2.58. The van der Waals surface area contributed by atoms with Crippen molar-refractivity contribution in [2.24, 2.45) is 40.9 Å². The van der Waals surface area contributed by atoms with Crippen LogP contribution in [0.25, 0.3) is 0 Å². The fourth-order valence-electron chi connectivity index (χ4n) is 7.95. The third-order valence-corrected chi connectivity index (χ3v) is 9.25. The fourth-order valence-corrected chi connectivity index (χ4v) is 7.95. The molecule has 0 amide bonds. The minimum absolute atomic E-state index is 0.290. The summed E-state index contributed by atoms with van der Waals surface area (Å²) in [5.41, 5.74) is -0.0804. The number of carbonyl (C=O) groups excluding carboxylic acids is 1. The second-order valence-electron chi connectivity index (χ2n) is 10.0. The van der Waals surface area contributed by atoms with E-state index in [1.54, 1.807) is 0 Å². The van der Waals surface area contributed by atoms with Crippen LogP contribution in [0.3, 0.4) is 0 Å². The van der Waals surface area contributed by atoms with Gasteiger partial charge in [-0.15, -0.1) is 0 Å². The van der Waals surface area contributed by atoms with Gasteiger partial charge in [0.2, 0.25) is 0 Å². The van der Waals surface area contributed by atoms with Gasteiger partial charge in [-0.2, -0.15) is 0 Å². The van der Waals surface area contributed by atoms with E-state index in [0.29, 0.717) is 17.1 Å². The second-order valence-corrected chi connectivity index (χ2v) is 10.0. The van der Waals surface area contributed by atoms with Crippen LogP contribution in [0, 0.1) is 40.9 Å². The SMILES string of the molecule is CC[C@@]1(O)CC[C@@H]2C3CC[C@@]4(C)C(CC[C@@H]4C(C)=O)C3CC[C@H]2C1. The Hall–Kier alpha value is -0.370. The van der Waals surface area contributed by atoms with Crippen LogP contribution in [-0.2, 0) is 4.79 Å². The van der Waals surface area contributed by atoms with E-state index in [2.05, 4.69) is 13.8 Å². The number of carbonyl (C=O) groups is 1. The lowest BCUT2D eigenvalue weighted by Crippen LogP contribution is -2.51. The first-order valence-electron chi connectivity index (χ1n) is 10.6. The molecule has 4 rings (SSSR count). The Bertz CT molecular complexity index is 514. The molecule has 0 radical (unpaired) electrons. The quantitative estimate of drug-likeness (QED) is 0.774. The van der Waals surface area contributed by atoms with Gasteiger partial charge in [0, 0.05) is 5.92 Å². The van der Waals surface area contributed by atoms with Crippen LogP contribution in [-0.4, -0.2) is 16.5 Å². The van der Waals surface area contributed by atoms with E-state index >= 15 is 0 Å². The lowest BCUT2D eigenvalue weighted by atomic mass is 9.48. The van der Waals surface area contributed by atoms with E-state index < -0.39 is 0 Å². The van der Waals surface area contributed by atoms with Gasteiger partial charge in [0.05, 0.1) is 5.60 Å². The van der Waals surface area contributed by atoms with Crippen molar-refractivity contribution in [1.82, 2.24) is 0 Å². The molecule has 0 spiro atoms. The maximum absolute atomic E-state index is 12.2. The van der Waals surface area contributed by atoms with E-state index in [4.69, 9.17) is 0 Å². The first kappa shape index (κ1) is 17.1. The predicted octanol–water partition coefficient (Wildman–Crippen LogP) is 4.99. The molecule has 4 saturated carbocycles. The van der Waals surface area contributed by atoms with Crippen molar-refractivity contribution in [3.63, 3.8) is 0 Å². The molecule has 1 N–H and O–H groups in total. The molecule has 4 fully saturated rings. The van der Waals surface area contributed by atoms with Gasteiger partial charge in [0.15, 0.2) is 0 Å². The van der Waals surface area contributed by atoms with Gasteiger partial charge < -0.3 is 5.11 Å². The van der Waals surface area contributed by atoms with Crippen molar-refractivity contribution < 1.29 is 9.90 Å². The molecule has 4 aliphatic carbocycles. The molecular weight excluding hydrogens is 296 g/mol. The second kappa shape index (κ2) is 5.83. The Morgan fingerprint density at radius 1 is 1.00 bits per heavy atom. The molecule has 0 bridgehead atoms. The number of Topliss-reactive ketones (excluding diaryl/α,β-unsaturated/α-hetero) is 1. The summed E-state index contributed by atoms with van der Waals surface area (Å²) < 4.78 is 0. The summed E-state index contributed by atoms with van der Waals surface area (Å²) in [6, 6.07) is 0. The van der Waals surface area contributed by atoms with Crippen molar-refractivity contribution in [2.75, 3.05) is 0 Å². The zero-order chi connectivity index (χ0) is 17.1. The van der Waals surface area contributed by atoms with E-state index in [0.717, 1.165) is 55.3 Å². The summed E-state index contributed by atoms with van der Waals surface area (Å²) in [7, 11) is 0. The smallest absolute Gasteiger partial charge is 0.133 e. The van der Waals surface area contributed by atoms with Crippen LogP contribution in [0.4, 0.5) is 0 Å². The number of fused-ring (bicyclic) bond motifs is 5. The number of ketones is 1. The number of hydrogen-bond acceptors (Lipinski definition) is 2. The van der Waals surface area contributed by atoms with Gasteiger partial charge in [-0.1, -0.05) is 13.8 Å². The Morgan fingerprint density at radius 2 is 1.75 bits per heavy atom. The van der Waals surface area contributed by atoms with Crippen LogP contribution >= 0.6 is 0 Å². The minimum Gasteiger partial charge on any atom is -0.390 e. The Kier molecular flexibility index (Phi) is 4.14.